The third kappa shape index (κ3) is 3.71. The van der Waals surface area contributed by atoms with E-state index in [9.17, 15) is 10.1 Å². The number of carbonyl (C=O) groups excluding carboxylic acids is 1. The third-order valence-corrected chi connectivity index (χ3v) is 6.72. The summed E-state index contributed by atoms with van der Waals surface area (Å²) in [5.41, 5.74) is 0.993. The fraction of sp³-hybridized carbons (Fsp3) is 0.600. The van der Waals surface area contributed by atoms with Crippen molar-refractivity contribution in [3.05, 3.63) is 28.2 Å². The highest BCUT2D eigenvalue weighted by Gasteiger charge is 2.51. The summed E-state index contributed by atoms with van der Waals surface area (Å²) in [6.07, 6.45) is 6.16. The molecule has 0 bridgehead atoms. The van der Waals surface area contributed by atoms with Crippen molar-refractivity contribution in [3.63, 3.8) is 0 Å². The second kappa shape index (κ2) is 6.71. The van der Waals surface area contributed by atoms with Crippen LogP contribution in [-0.4, -0.2) is 30.4 Å². The van der Waals surface area contributed by atoms with Gasteiger partial charge in [-0.05, 0) is 62.1 Å². The average molecular weight is 392 g/mol. The van der Waals surface area contributed by atoms with E-state index in [0.717, 1.165) is 58.2 Å². The maximum absolute atomic E-state index is 12.6. The highest BCUT2D eigenvalue weighted by atomic mass is 35.5. The van der Waals surface area contributed by atoms with Gasteiger partial charge in [0, 0.05) is 41.3 Å². The Kier molecular flexibility index (Phi) is 4.67. The molecule has 1 amide bonds. The first kappa shape index (κ1) is 18.1. The zero-order valence-electron chi connectivity index (χ0n) is 14.7. The topological polar surface area (TPSA) is 56.1 Å². The van der Waals surface area contributed by atoms with E-state index in [0.29, 0.717) is 21.1 Å². The first-order chi connectivity index (χ1) is 12.4. The van der Waals surface area contributed by atoms with Gasteiger partial charge in [0.05, 0.1) is 11.5 Å². The molecule has 0 unspecified atom stereocenters. The molecular formula is C20H23Cl2N3O. The van der Waals surface area contributed by atoms with E-state index in [-0.39, 0.29) is 17.2 Å². The fourth-order valence-electron chi connectivity index (χ4n) is 4.58. The Balaban J connectivity index is 1.26. The molecule has 1 aromatic rings. The molecule has 4 rings (SSSR count). The lowest BCUT2D eigenvalue weighted by atomic mass is 9.65. The van der Waals surface area contributed by atoms with Crippen LogP contribution >= 0.6 is 23.2 Å². The van der Waals surface area contributed by atoms with E-state index >= 15 is 0 Å². The van der Waals surface area contributed by atoms with Crippen molar-refractivity contribution in [1.82, 2.24) is 4.90 Å². The van der Waals surface area contributed by atoms with E-state index in [4.69, 9.17) is 23.2 Å². The van der Waals surface area contributed by atoms with Crippen LogP contribution in [0.2, 0.25) is 10.0 Å². The van der Waals surface area contributed by atoms with Crippen LogP contribution in [0.25, 0.3) is 0 Å². The zero-order chi connectivity index (χ0) is 18.4. The van der Waals surface area contributed by atoms with E-state index in [1.165, 1.54) is 0 Å². The first-order valence-corrected chi connectivity index (χ1v) is 10.1. The van der Waals surface area contributed by atoms with Crippen molar-refractivity contribution in [2.45, 2.75) is 38.5 Å². The fourth-order valence-corrected chi connectivity index (χ4v) is 5.10. The highest BCUT2D eigenvalue weighted by molar-refractivity contribution is 6.35. The van der Waals surface area contributed by atoms with Gasteiger partial charge in [-0.2, -0.15) is 5.26 Å². The third-order valence-electron chi connectivity index (χ3n) is 6.28. The molecule has 4 nitrogen and oxygen atoms in total. The van der Waals surface area contributed by atoms with Crippen molar-refractivity contribution in [1.29, 1.82) is 5.26 Å². The molecule has 3 aliphatic rings. The Bertz CT molecular complexity index is 733. The number of halogens is 2. The number of nitrogens with one attached hydrogen (secondary N) is 1. The maximum atomic E-state index is 12.6. The second-order valence-corrected chi connectivity index (χ2v) is 9.33. The van der Waals surface area contributed by atoms with Crippen LogP contribution in [0.4, 0.5) is 5.69 Å². The number of carbonyl (C=O) groups is 1. The van der Waals surface area contributed by atoms with Crippen LogP contribution in [-0.2, 0) is 4.79 Å². The quantitative estimate of drug-likeness (QED) is 0.806. The molecule has 1 N–H and O–H groups in total. The monoisotopic (exact) mass is 391 g/mol. The Labute approximate surface area is 164 Å². The van der Waals surface area contributed by atoms with Crippen LogP contribution in [0.5, 0.6) is 0 Å². The minimum Gasteiger partial charge on any atom is -0.326 e. The van der Waals surface area contributed by atoms with Crippen LogP contribution in [0.1, 0.15) is 38.5 Å². The van der Waals surface area contributed by atoms with Gasteiger partial charge in [0.25, 0.3) is 0 Å². The van der Waals surface area contributed by atoms with Gasteiger partial charge in [-0.3, -0.25) is 4.79 Å². The van der Waals surface area contributed by atoms with Gasteiger partial charge in [0.15, 0.2) is 0 Å². The summed E-state index contributed by atoms with van der Waals surface area (Å²) in [4.78, 5) is 15.0. The largest absolute Gasteiger partial charge is 0.326 e. The summed E-state index contributed by atoms with van der Waals surface area (Å²) < 4.78 is 0. The molecule has 1 aromatic carbocycles. The molecule has 0 atom stereocenters. The van der Waals surface area contributed by atoms with Gasteiger partial charge in [-0.25, -0.2) is 0 Å². The van der Waals surface area contributed by atoms with Gasteiger partial charge in [-0.1, -0.05) is 23.2 Å². The lowest BCUT2D eigenvalue weighted by Crippen LogP contribution is -2.59. The van der Waals surface area contributed by atoms with E-state index in [2.05, 4.69) is 16.3 Å². The Morgan fingerprint density at radius 3 is 2.31 bits per heavy atom. The SMILES string of the molecule is N#CC1(CN2CC3(CCC(C(=O)Nc4cc(Cl)cc(Cl)c4)CC3)C2)CC1. The number of hydrogen-bond donors (Lipinski definition) is 1. The summed E-state index contributed by atoms with van der Waals surface area (Å²) in [7, 11) is 0. The van der Waals surface area contributed by atoms with Gasteiger partial charge >= 0.3 is 0 Å². The molecule has 2 saturated carbocycles. The number of benzene rings is 1. The number of nitriles is 1. The molecule has 6 heteroatoms. The number of likely N-dealkylation sites (tertiary alicyclic amines) is 1. The minimum atomic E-state index is -0.0447. The molecule has 138 valence electrons. The van der Waals surface area contributed by atoms with Gasteiger partial charge in [0.1, 0.15) is 0 Å². The molecule has 1 aliphatic heterocycles. The van der Waals surface area contributed by atoms with Crippen molar-refractivity contribution in [2.75, 3.05) is 25.0 Å². The lowest BCUT2D eigenvalue weighted by molar-refractivity contribution is -0.123. The van der Waals surface area contributed by atoms with Gasteiger partial charge in [0.2, 0.25) is 5.91 Å². The Morgan fingerprint density at radius 1 is 1.15 bits per heavy atom. The smallest absolute Gasteiger partial charge is 0.227 e. The molecular weight excluding hydrogens is 369 g/mol. The molecule has 26 heavy (non-hydrogen) atoms. The predicted octanol–water partition coefficient (Wildman–Crippen LogP) is 4.73. The van der Waals surface area contributed by atoms with Crippen LogP contribution in [0, 0.1) is 28.1 Å². The second-order valence-electron chi connectivity index (χ2n) is 8.46. The molecule has 1 spiro atoms. The Hall–Kier alpha value is -1.28. The average Bonchev–Trinajstić information content (AvgIpc) is 3.33. The molecule has 2 aliphatic carbocycles. The van der Waals surface area contributed by atoms with Crippen LogP contribution in [0.15, 0.2) is 18.2 Å². The highest BCUT2D eigenvalue weighted by Crippen LogP contribution is 2.51. The van der Waals surface area contributed by atoms with E-state index in [1.807, 2.05) is 0 Å². The normalized spacial score (nSPS) is 23.9. The van der Waals surface area contributed by atoms with E-state index < -0.39 is 0 Å². The summed E-state index contributed by atoms with van der Waals surface area (Å²) in [5, 5.41) is 13.2. The minimum absolute atomic E-state index is 0.0447. The lowest BCUT2D eigenvalue weighted by Gasteiger charge is -2.54. The molecule has 0 radical (unpaired) electrons. The zero-order valence-corrected chi connectivity index (χ0v) is 16.2. The number of anilines is 1. The summed E-state index contributed by atoms with van der Waals surface area (Å²) >= 11 is 12.0. The summed E-state index contributed by atoms with van der Waals surface area (Å²) in [6.45, 7) is 3.12. The number of amides is 1. The Morgan fingerprint density at radius 2 is 1.77 bits per heavy atom. The number of nitrogens with zero attached hydrogens (tertiary/aromatic N) is 2. The summed E-state index contributed by atoms with van der Waals surface area (Å²) in [5.74, 6) is 0.122. The van der Waals surface area contributed by atoms with Gasteiger partial charge < -0.3 is 10.2 Å². The van der Waals surface area contributed by atoms with Crippen molar-refractivity contribution in [3.8, 4) is 6.07 Å². The van der Waals surface area contributed by atoms with Crippen molar-refractivity contribution >= 4 is 34.8 Å². The summed E-state index contributed by atoms with van der Waals surface area (Å²) in [6, 6.07) is 7.59. The molecule has 0 aromatic heterocycles. The number of hydrogen-bond acceptors (Lipinski definition) is 3. The molecule has 1 saturated heterocycles. The maximum Gasteiger partial charge on any atom is 0.227 e. The molecule has 1 heterocycles. The molecule has 3 fully saturated rings. The van der Waals surface area contributed by atoms with Crippen LogP contribution < -0.4 is 5.32 Å². The predicted molar refractivity (Wildman–Crippen MR) is 103 cm³/mol. The van der Waals surface area contributed by atoms with Crippen molar-refractivity contribution in [2.24, 2.45) is 16.7 Å². The standard InChI is InChI=1S/C20H23Cl2N3O/c21-15-7-16(22)9-17(8-15)24-18(26)14-1-3-20(4-2-14)12-25(13-20)11-19(10-23)5-6-19/h7-9,14H,1-6,11-13H2,(H,24,26). The van der Waals surface area contributed by atoms with E-state index in [1.54, 1.807) is 18.2 Å². The van der Waals surface area contributed by atoms with Crippen molar-refractivity contribution < 1.29 is 4.79 Å². The first-order valence-electron chi connectivity index (χ1n) is 9.32. The van der Waals surface area contributed by atoms with Gasteiger partial charge in [-0.15, -0.1) is 0 Å². The van der Waals surface area contributed by atoms with Crippen LogP contribution in [0.3, 0.4) is 0 Å². The number of rotatable bonds is 4.